The van der Waals surface area contributed by atoms with Crippen LogP contribution in [0.3, 0.4) is 0 Å². The molecule has 1 aliphatic rings. The molecule has 1 fully saturated rings. The predicted molar refractivity (Wildman–Crippen MR) is 121 cm³/mol. The van der Waals surface area contributed by atoms with Gasteiger partial charge >= 0.3 is 0 Å². The summed E-state index contributed by atoms with van der Waals surface area (Å²) in [4.78, 5) is 5.06. The van der Waals surface area contributed by atoms with Crippen LogP contribution in [0.5, 0.6) is 0 Å². The maximum atomic E-state index is 9.41. The molecule has 0 aliphatic heterocycles. The molecule has 0 radical (unpaired) electrons. The first kappa shape index (κ1) is 20.2. The molecular weight excluding hydrogens is 380 g/mol. The molecule has 1 aliphatic carbocycles. The molecule has 0 amide bonds. The Labute approximate surface area is 176 Å². The molecule has 1 atom stereocenters. The van der Waals surface area contributed by atoms with Crippen LogP contribution in [0.2, 0.25) is 0 Å². The number of pyridine rings is 1. The Balaban J connectivity index is 1.73. The smallest absolute Gasteiger partial charge is 0.206 e. The summed E-state index contributed by atoms with van der Waals surface area (Å²) in [6, 6.07) is 6.85. The molecule has 2 heterocycles. The lowest BCUT2D eigenvalue weighted by Crippen LogP contribution is -2.13. The number of rotatable bonds is 6. The minimum atomic E-state index is -0.323. The molecule has 29 heavy (non-hydrogen) atoms. The number of aromatic nitrogens is 3. The molecule has 6 heteroatoms. The lowest BCUT2D eigenvalue weighted by atomic mass is 9.83. The first-order valence-corrected chi connectivity index (χ1v) is 11.3. The van der Waals surface area contributed by atoms with Crippen LogP contribution >= 0.6 is 11.3 Å². The fourth-order valence-electron chi connectivity index (χ4n) is 3.63. The number of nitrogens with zero attached hydrogens (tertiary/aromatic N) is 3. The van der Waals surface area contributed by atoms with Crippen molar-refractivity contribution in [1.29, 1.82) is 0 Å². The summed E-state index contributed by atoms with van der Waals surface area (Å²) in [5.74, 6) is 0.720. The van der Waals surface area contributed by atoms with Crippen molar-refractivity contribution < 1.29 is 5.11 Å². The van der Waals surface area contributed by atoms with E-state index < -0.39 is 0 Å². The topological polar surface area (TPSA) is 70.9 Å². The second-order valence-corrected chi connectivity index (χ2v) is 10.3. The van der Waals surface area contributed by atoms with E-state index in [1.54, 1.807) is 6.92 Å². The zero-order chi connectivity index (χ0) is 20.8. The lowest BCUT2D eigenvalue weighted by molar-refractivity contribution is 0.188. The molecule has 154 valence electrons. The van der Waals surface area contributed by atoms with E-state index in [1.165, 1.54) is 46.3 Å². The highest BCUT2D eigenvalue weighted by atomic mass is 32.1. The van der Waals surface area contributed by atoms with E-state index in [0.29, 0.717) is 13.0 Å². The van der Waals surface area contributed by atoms with Crippen LogP contribution in [0.4, 0.5) is 5.13 Å². The van der Waals surface area contributed by atoms with Crippen LogP contribution in [-0.4, -0.2) is 32.9 Å². The zero-order valence-electron chi connectivity index (χ0n) is 17.9. The summed E-state index contributed by atoms with van der Waals surface area (Å²) in [6.45, 7) is 11.4. The van der Waals surface area contributed by atoms with Gasteiger partial charge in [0.05, 0.1) is 11.6 Å². The maximum Gasteiger partial charge on any atom is 0.206 e. The summed E-state index contributed by atoms with van der Waals surface area (Å²) in [5, 5.41) is 24.1. The molecule has 1 saturated carbocycles. The SMILES string of the molecule is Cc1cc(-c2nnc(NCC[C@@H](C)O)s2)nc2c(C(C)(C)C)cc(C3CC3)cc12. The van der Waals surface area contributed by atoms with Crippen LogP contribution in [0.15, 0.2) is 18.2 Å². The van der Waals surface area contributed by atoms with Gasteiger partial charge in [0.1, 0.15) is 5.69 Å². The van der Waals surface area contributed by atoms with E-state index >= 15 is 0 Å². The molecule has 0 spiro atoms. The van der Waals surface area contributed by atoms with Crippen molar-refractivity contribution in [3.05, 3.63) is 34.9 Å². The van der Waals surface area contributed by atoms with Crippen LogP contribution in [-0.2, 0) is 5.41 Å². The average Bonchev–Trinajstić information content (AvgIpc) is 3.38. The van der Waals surface area contributed by atoms with Gasteiger partial charge in [-0.05, 0) is 73.3 Å². The summed E-state index contributed by atoms with van der Waals surface area (Å²) in [7, 11) is 0. The van der Waals surface area contributed by atoms with Crippen molar-refractivity contribution in [3.63, 3.8) is 0 Å². The van der Waals surface area contributed by atoms with Gasteiger partial charge in [0, 0.05) is 11.9 Å². The Kier molecular flexibility index (Phi) is 5.34. The minimum Gasteiger partial charge on any atom is -0.393 e. The van der Waals surface area contributed by atoms with Gasteiger partial charge in [-0.1, -0.05) is 38.2 Å². The third kappa shape index (κ3) is 4.43. The van der Waals surface area contributed by atoms with Gasteiger partial charge in [0.15, 0.2) is 5.01 Å². The average molecular weight is 411 g/mol. The second-order valence-electron chi connectivity index (χ2n) is 9.29. The Hall–Kier alpha value is -2.05. The maximum absolute atomic E-state index is 9.41. The standard InChI is InChI=1S/C23H30N4OS/c1-13-10-19(21-26-27-22(29-21)24-9-8-14(2)28)25-20-17(13)11-16(15-6-7-15)12-18(20)23(3,4)5/h10-12,14-15,28H,6-9H2,1-5H3,(H,24,27)/t14-/m1/s1. The van der Waals surface area contributed by atoms with Crippen molar-refractivity contribution in [2.75, 3.05) is 11.9 Å². The Bertz CT molecular complexity index is 1030. The summed E-state index contributed by atoms with van der Waals surface area (Å²) in [6.07, 6.45) is 2.96. The minimum absolute atomic E-state index is 0.0239. The zero-order valence-corrected chi connectivity index (χ0v) is 18.7. The van der Waals surface area contributed by atoms with E-state index in [4.69, 9.17) is 4.98 Å². The molecule has 4 rings (SSSR count). The fraction of sp³-hybridized carbons (Fsp3) is 0.522. The number of aliphatic hydroxyl groups excluding tert-OH is 1. The molecule has 0 unspecified atom stereocenters. The van der Waals surface area contributed by atoms with Crippen molar-refractivity contribution in [2.45, 2.75) is 71.3 Å². The first-order valence-electron chi connectivity index (χ1n) is 10.4. The fourth-order valence-corrected chi connectivity index (χ4v) is 4.36. The van der Waals surface area contributed by atoms with Crippen LogP contribution < -0.4 is 5.32 Å². The van der Waals surface area contributed by atoms with Gasteiger partial charge in [0.2, 0.25) is 5.13 Å². The van der Waals surface area contributed by atoms with Crippen molar-refractivity contribution in [1.82, 2.24) is 15.2 Å². The normalized spacial score (nSPS) is 15.7. The number of benzene rings is 1. The summed E-state index contributed by atoms with van der Waals surface area (Å²) < 4.78 is 0. The molecule has 2 aromatic heterocycles. The molecule has 0 bridgehead atoms. The Morgan fingerprint density at radius 3 is 2.62 bits per heavy atom. The quantitative estimate of drug-likeness (QED) is 0.568. The molecule has 1 aromatic carbocycles. The highest BCUT2D eigenvalue weighted by Crippen LogP contribution is 2.44. The number of hydrogen-bond donors (Lipinski definition) is 2. The third-order valence-corrected chi connectivity index (χ3v) is 6.39. The number of anilines is 1. The van der Waals surface area contributed by atoms with Gasteiger partial charge < -0.3 is 10.4 Å². The van der Waals surface area contributed by atoms with Gasteiger partial charge in [-0.15, -0.1) is 10.2 Å². The van der Waals surface area contributed by atoms with Crippen LogP contribution in [0, 0.1) is 6.92 Å². The third-order valence-electron chi connectivity index (χ3n) is 5.48. The van der Waals surface area contributed by atoms with Crippen LogP contribution in [0.1, 0.15) is 69.6 Å². The lowest BCUT2D eigenvalue weighted by Gasteiger charge is -2.23. The number of hydrogen-bond acceptors (Lipinski definition) is 6. The van der Waals surface area contributed by atoms with Crippen LogP contribution in [0.25, 0.3) is 21.6 Å². The summed E-state index contributed by atoms with van der Waals surface area (Å²) in [5.41, 5.74) is 5.98. The van der Waals surface area contributed by atoms with Gasteiger partial charge in [-0.2, -0.15) is 0 Å². The van der Waals surface area contributed by atoms with Gasteiger partial charge in [-0.25, -0.2) is 4.98 Å². The highest BCUT2D eigenvalue weighted by molar-refractivity contribution is 7.18. The predicted octanol–water partition coefficient (Wildman–Crippen LogP) is 5.42. The van der Waals surface area contributed by atoms with Crippen molar-refractivity contribution in [2.24, 2.45) is 0 Å². The van der Waals surface area contributed by atoms with E-state index in [2.05, 4.69) is 61.4 Å². The monoisotopic (exact) mass is 410 g/mol. The van der Waals surface area contributed by atoms with Crippen molar-refractivity contribution >= 4 is 27.4 Å². The van der Waals surface area contributed by atoms with E-state index in [-0.39, 0.29) is 11.5 Å². The van der Waals surface area contributed by atoms with E-state index in [0.717, 1.165) is 27.3 Å². The molecule has 5 nitrogen and oxygen atoms in total. The largest absolute Gasteiger partial charge is 0.393 e. The molecular formula is C23H30N4OS. The Morgan fingerprint density at radius 2 is 1.97 bits per heavy atom. The second kappa shape index (κ2) is 7.65. The molecule has 0 saturated heterocycles. The Morgan fingerprint density at radius 1 is 1.21 bits per heavy atom. The number of fused-ring (bicyclic) bond motifs is 1. The van der Waals surface area contributed by atoms with Gasteiger partial charge in [0.25, 0.3) is 0 Å². The summed E-state index contributed by atoms with van der Waals surface area (Å²) >= 11 is 1.51. The highest BCUT2D eigenvalue weighted by Gasteiger charge is 2.28. The number of nitrogens with one attached hydrogen (secondary N) is 1. The van der Waals surface area contributed by atoms with Gasteiger partial charge in [-0.3, -0.25) is 0 Å². The first-order chi connectivity index (χ1) is 13.7. The number of aliphatic hydroxyl groups is 1. The number of aryl methyl sites for hydroxylation is 1. The van der Waals surface area contributed by atoms with Crippen molar-refractivity contribution in [3.8, 4) is 10.7 Å². The van der Waals surface area contributed by atoms with E-state index in [9.17, 15) is 5.11 Å². The molecule has 3 aromatic rings. The molecule has 2 N–H and O–H groups in total. The van der Waals surface area contributed by atoms with E-state index in [1.807, 2.05) is 0 Å².